The van der Waals surface area contributed by atoms with E-state index in [2.05, 4.69) is 26.6 Å². The maximum atomic E-state index is 14.0. The number of carboxylic acid groups (broad SMARTS) is 2. The van der Waals surface area contributed by atoms with Crippen molar-refractivity contribution in [1.82, 2.24) is 31.5 Å². The summed E-state index contributed by atoms with van der Waals surface area (Å²) in [5, 5.41) is 47.9. The van der Waals surface area contributed by atoms with Crippen LogP contribution in [0.5, 0.6) is 0 Å². The average molecular weight is 706 g/mol. The molecule has 0 unspecified atom stereocenters. The van der Waals surface area contributed by atoms with Gasteiger partial charge in [-0.1, -0.05) is 30.3 Å². The van der Waals surface area contributed by atoms with Gasteiger partial charge in [-0.2, -0.15) is 0 Å². The summed E-state index contributed by atoms with van der Waals surface area (Å²) in [5.74, 6) is -6.85. The molecule has 5 amide bonds. The number of nitrogens with zero attached hydrogens (tertiary/aromatic N) is 1. The molecular weight excluding hydrogens is 658 g/mol. The molecule has 0 aromatic heterocycles. The molecule has 0 spiro atoms. The van der Waals surface area contributed by atoms with Crippen LogP contribution >= 0.6 is 0 Å². The molecule has 1 aromatic rings. The predicted molar refractivity (Wildman–Crippen MR) is 177 cm³/mol. The summed E-state index contributed by atoms with van der Waals surface area (Å²) in [5.41, 5.74) is 11.5. The van der Waals surface area contributed by atoms with E-state index in [-0.39, 0.29) is 51.2 Å². The van der Waals surface area contributed by atoms with Gasteiger partial charge in [-0.15, -0.1) is 0 Å². The van der Waals surface area contributed by atoms with E-state index in [1.54, 1.807) is 30.3 Å². The maximum absolute atomic E-state index is 14.0. The number of nitrogens with one attached hydrogen (secondary N) is 6. The molecule has 19 nitrogen and oxygen atoms in total. The van der Waals surface area contributed by atoms with E-state index in [1.807, 2.05) is 0 Å². The molecule has 0 saturated carbocycles. The van der Waals surface area contributed by atoms with E-state index in [9.17, 15) is 48.9 Å². The van der Waals surface area contributed by atoms with Crippen LogP contribution in [-0.2, 0) is 40.0 Å². The van der Waals surface area contributed by atoms with Gasteiger partial charge in [-0.25, -0.2) is 4.79 Å². The highest BCUT2D eigenvalue weighted by molar-refractivity contribution is 5.97. The normalized spacial score (nSPS) is 16.9. The van der Waals surface area contributed by atoms with Gasteiger partial charge in [0.2, 0.25) is 29.5 Å². The number of carbonyl (C=O) groups is 7. The van der Waals surface area contributed by atoms with E-state index >= 15 is 0 Å². The van der Waals surface area contributed by atoms with Crippen molar-refractivity contribution in [1.29, 1.82) is 5.41 Å². The number of hydrogen-bond acceptors (Lipinski definition) is 10. The zero-order chi connectivity index (χ0) is 37.4. The molecule has 276 valence electrons. The molecule has 1 aromatic carbocycles. The molecule has 1 aliphatic rings. The third-order valence-electron chi connectivity index (χ3n) is 7.84. The highest BCUT2D eigenvalue weighted by Crippen LogP contribution is 2.20. The smallest absolute Gasteiger partial charge is 0.326 e. The highest BCUT2D eigenvalue weighted by atomic mass is 16.4. The summed E-state index contributed by atoms with van der Waals surface area (Å²) in [4.78, 5) is 90.2. The molecule has 50 heavy (non-hydrogen) atoms. The average Bonchev–Trinajstić information content (AvgIpc) is 3.56. The fourth-order valence-electron chi connectivity index (χ4n) is 5.19. The van der Waals surface area contributed by atoms with Crippen molar-refractivity contribution < 1.29 is 48.9 Å². The van der Waals surface area contributed by atoms with E-state index in [0.29, 0.717) is 12.0 Å². The van der Waals surface area contributed by atoms with Gasteiger partial charge in [-0.3, -0.25) is 34.2 Å². The minimum absolute atomic E-state index is 0.0245. The molecule has 0 radical (unpaired) electrons. The Kier molecular flexibility index (Phi) is 16.6. The SMILES string of the molecule is C[C@H](N)C(=O)N[C@@H](CCC(=O)O)C(=O)N[C@@H](Cc1ccccc1)C(=O)N1CCC[C@H]1C(=O)N[C@@H](CO)C(=O)N[C@@H](CCCNC(=N)N)C(=O)O. The molecule has 2 rings (SSSR count). The van der Waals surface area contributed by atoms with Gasteiger partial charge in [0.15, 0.2) is 5.96 Å². The van der Waals surface area contributed by atoms with Crippen LogP contribution in [0, 0.1) is 5.41 Å². The third kappa shape index (κ3) is 13.3. The topological polar surface area (TPSA) is 319 Å². The number of carbonyl (C=O) groups excluding carboxylic acids is 5. The summed E-state index contributed by atoms with van der Waals surface area (Å²) in [6.07, 6.45) is -0.0348. The van der Waals surface area contributed by atoms with Crippen molar-refractivity contribution in [2.45, 2.75) is 88.1 Å². The zero-order valence-corrected chi connectivity index (χ0v) is 27.7. The number of carboxylic acids is 2. The Balaban J connectivity index is 2.22. The largest absolute Gasteiger partial charge is 0.481 e. The molecule has 1 fully saturated rings. The first-order valence-electron chi connectivity index (χ1n) is 16.1. The zero-order valence-electron chi connectivity index (χ0n) is 27.7. The molecule has 1 saturated heterocycles. The number of rotatable bonds is 20. The number of aliphatic hydroxyl groups is 1. The quantitative estimate of drug-likeness (QED) is 0.0361. The lowest BCUT2D eigenvalue weighted by molar-refractivity contribution is -0.144. The standard InChI is InChI=1S/C31H47N9O10/c1-17(32)25(44)36-19(11-12-24(42)43)26(45)38-21(15-18-7-3-2-4-8-18)29(48)40-14-6-10-23(40)28(47)39-22(16-41)27(46)37-20(30(49)50)9-5-13-35-31(33)34/h2-4,7-8,17,19-23,41H,5-6,9-16,32H2,1H3,(H,36,44)(H,37,46)(H,38,45)(H,39,47)(H,42,43)(H,49,50)(H4,33,34,35)/t17-,19-,20-,21-,22-,23-/m0/s1. The summed E-state index contributed by atoms with van der Waals surface area (Å²) in [7, 11) is 0. The third-order valence-corrected chi connectivity index (χ3v) is 7.84. The van der Waals surface area contributed by atoms with Gasteiger partial charge in [-0.05, 0) is 44.6 Å². The van der Waals surface area contributed by atoms with Gasteiger partial charge in [0.05, 0.1) is 12.6 Å². The lowest BCUT2D eigenvalue weighted by atomic mass is 10.0. The van der Waals surface area contributed by atoms with E-state index in [4.69, 9.17) is 16.9 Å². The van der Waals surface area contributed by atoms with E-state index in [0.717, 1.165) is 0 Å². The molecule has 0 aliphatic carbocycles. The monoisotopic (exact) mass is 705 g/mol. The number of likely N-dealkylation sites (tertiary alicyclic amines) is 1. The van der Waals surface area contributed by atoms with Crippen LogP contribution in [0.2, 0.25) is 0 Å². The lowest BCUT2D eigenvalue weighted by Gasteiger charge is -2.30. The first-order chi connectivity index (χ1) is 23.6. The van der Waals surface area contributed by atoms with E-state index < -0.39 is 90.8 Å². The van der Waals surface area contributed by atoms with Gasteiger partial charge in [0.1, 0.15) is 30.2 Å². The first-order valence-corrected chi connectivity index (χ1v) is 16.1. The van der Waals surface area contributed by atoms with Crippen LogP contribution in [0.25, 0.3) is 0 Å². The van der Waals surface area contributed by atoms with Crippen LogP contribution in [0.1, 0.15) is 51.0 Å². The lowest BCUT2D eigenvalue weighted by Crippen LogP contribution is -2.59. The van der Waals surface area contributed by atoms with E-state index in [1.165, 1.54) is 11.8 Å². The number of amides is 5. The van der Waals surface area contributed by atoms with Crippen molar-refractivity contribution >= 4 is 47.4 Å². The number of aliphatic carboxylic acids is 2. The molecule has 6 atom stereocenters. The second kappa shape index (κ2) is 20.3. The molecule has 0 bridgehead atoms. The van der Waals surface area contributed by atoms with Gasteiger partial charge in [0.25, 0.3) is 0 Å². The molecular formula is C31H47N9O10. The van der Waals surface area contributed by atoms with Crippen LogP contribution in [0.3, 0.4) is 0 Å². The number of aliphatic hydroxyl groups excluding tert-OH is 1. The number of benzene rings is 1. The second-order valence-corrected chi connectivity index (χ2v) is 11.8. The van der Waals surface area contributed by atoms with Crippen LogP contribution in [0.15, 0.2) is 30.3 Å². The highest BCUT2D eigenvalue weighted by Gasteiger charge is 2.40. The predicted octanol–water partition coefficient (Wildman–Crippen LogP) is -3.29. The van der Waals surface area contributed by atoms with Crippen LogP contribution in [0.4, 0.5) is 0 Å². The van der Waals surface area contributed by atoms with Crippen LogP contribution < -0.4 is 38.1 Å². The van der Waals surface area contributed by atoms with Gasteiger partial charge >= 0.3 is 11.9 Å². The maximum Gasteiger partial charge on any atom is 0.326 e. The second-order valence-electron chi connectivity index (χ2n) is 11.8. The van der Waals surface area contributed by atoms with Crippen molar-refractivity contribution in [2.75, 3.05) is 19.7 Å². The summed E-state index contributed by atoms with van der Waals surface area (Å²) < 4.78 is 0. The Labute approximate surface area is 288 Å². The Hall–Kier alpha value is -5.30. The molecule has 19 heteroatoms. The van der Waals surface area contributed by atoms with Gasteiger partial charge < -0.3 is 58.3 Å². The summed E-state index contributed by atoms with van der Waals surface area (Å²) in [6, 6.07) is 0.993. The fraction of sp³-hybridized carbons (Fsp3) is 0.548. The minimum Gasteiger partial charge on any atom is -0.481 e. The number of nitrogens with two attached hydrogens (primary N) is 2. The Morgan fingerprint density at radius 2 is 1.52 bits per heavy atom. The van der Waals surface area contributed by atoms with Crippen molar-refractivity contribution in [3.63, 3.8) is 0 Å². The molecule has 1 aliphatic heterocycles. The fourth-order valence-corrected chi connectivity index (χ4v) is 5.19. The van der Waals surface area contributed by atoms with Crippen molar-refractivity contribution in [2.24, 2.45) is 11.5 Å². The summed E-state index contributed by atoms with van der Waals surface area (Å²) in [6.45, 7) is 0.784. The molecule has 1 heterocycles. The van der Waals surface area contributed by atoms with Crippen molar-refractivity contribution in [3.8, 4) is 0 Å². The Morgan fingerprint density at radius 3 is 2.10 bits per heavy atom. The van der Waals surface area contributed by atoms with Gasteiger partial charge in [0, 0.05) is 25.9 Å². The minimum atomic E-state index is -1.55. The Morgan fingerprint density at radius 1 is 0.900 bits per heavy atom. The number of guanidine groups is 1. The Bertz CT molecular complexity index is 1380. The summed E-state index contributed by atoms with van der Waals surface area (Å²) >= 11 is 0. The van der Waals surface area contributed by atoms with Crippen LogP contribution in [-0.4, -0.2) is 124 Å². The van der Waals surface area contributed by atoms with Crippen molar-refractivity contribution in [3.05, 3.63) is 35.9 Å². The first kappa shape index (κ1) is 40.9. The molecule has 13 N–H and O–H groups in total. The number of hydrogen-bond donors (Lipinski definition) is 11.